The highest BCUT2D eigenvalue weighted by molar-refractivity contribution is 7.81. The van der Waals surface area contributed by atoms with Crippen LogP contribution >= 0.6 is 12.2 Å². The van der Waals surface area contributed by atoms with E-state index in [1.807, 2.05) is 6.92 Å². The quantitative estimate of drug-likeness (QED) is 0.694. The van der Waals surface area contributed by atoms with Crippen LogP contribution in [0.2, 0.25) is 0 Å². The third-order valence-corrected chi connectivity index (χ3v) is 5.65. The number of alkyl halides is 3. The molecule has 3 heterocycles. The Kier molecular flexibility index (Phi) is 4.31. The lowest BCUT2D eigenvalue weighted by Gasteiger charge is -2.42. The van der Waals surface area contributed by atoms with Gasteiger partial charge in [-0.15, -0.1) is 0 Å². The molecular weight excluding hydrogens is 403 g/mol. The first kappa shape index (κ1) is 19.3. The molecule has 1 saturated heterocycles. The number of carbonyl (C=O) groups is 1. The number of hydrogen-bond acceptors (Lipinski definition) is 5. The third-order valence-electron chi connectivity index (χ3n) is 5.29. The molecule has 0 atom stereocenters. The molecule has 1 aliphatic heterocycles. The van der Waals surface area contributed by atoms with Crippen molar-refractivity contribution < 1.29 is 18.0 Å². The monoisotopic (exact) mass is 417 g/mol. The number of nitriles is 1. The Morgan fingerprint density at radius 3 is 2.41 bits per heavy atom. The standard InChI is InChI=1S/C19H14F3N5OS/c1-11-3-4-12(9-24-11)27-17(29)26(16(28)18(27)5-2-6-18)13-7-14(19(20,21)22)15(8-23)25-10-13/h3-4,7,9-10H,2,5-6H2,1H3. The topological polar surface area (TPSA) is 73.1 Å². The Balaban J connectivity index is 1.82. The minimum atomic E-state index is -4.78. The normalized spacial score (nSPS) is 18.2. The first-order valence-corrected chi connectivity index (χ1v) is 9.18. The van der Waals surface area contributed by atoms with Crippen LogP contribution in [0.3, 0.4) is 0 Å². The van der Waals surface area contributed by atoms with Crippen molar-refractivity contribution >= 4 is 34.6 Å². The molecule has 2 aliphatic rings. The fraction of sp³-hybridized carbons (Fsp3) is 0.316. The molecule has 1 aliphatic carbocycles. The highest BCUT2D eigenvalue weighted by atomic mass is 32.1. The molecule has 1 amide bonds. The number of pyridine rings is 2. The van der Waals surface area contributed by atoms with Crippen LogP contribution in [0.15, 0.2) is 30.6 Å². The fourth-order valence-electron chi connectivity index (χ4n) is 3.68. The maximum absolute atomic E-state index is 13.4. The Bertz CT molecular complexity index is 1060. The number of rotatable bonds is 2. The zero-order valence-electron chi connectivity index (χ0n) is 15.2. The van der Waals surface area contributed by atoms with Gasteiger partial charge >= 0.3 is 6.18 Å². The van der Waals surface area contributed by atoms with E-state index in [4.69, 9.17) is 17.5 Å². The Morgan fingerprint density at radius 1 is 1.21 bits per heavy atom. The first-order valence-electron chi connectivity index (χ1n) is 8.78. The lowest BCUT2D eigenvalue weighted by molar-refractivity contribution is -0.138. The van der Waals surface area contributed by atoms with Crippen LogP contribution in [0, 0.1) is 18.3 Å². The van der Waals surface area contributed by atoms with E-state index in [-0.39, 0.29) is 10.8 Å². The van der Waals surface area contributed by atoms with Gasteiger partial charge in [0, 0.05) is 5.69 Å². The lowest BCUT2D eigenvalue weighted by atomic mass is 9.75. The number of amides is 1. The van der Waals surface area contributed by atoms with Crippen LogP contribution in [0.5, 0.6) is 0 Å². The van der Waals surface area contributed by atoms with Crippen LogP contribution in [0.1, 0.15) is 36.2 Å². The van der Waals surface area contributed by atoms with E-state index in [1.165, 1.54) is 6.07 Å². The molecule has 148 valence electrons. The van der Waals surface area contributed by atoms with Gasteiger partial charge in [-0.2, -0.15) is 18.4 Å². The minimum absolute atomic E-state index is 0.0694. The summed E-state index contributed by atoms with van der Waals surface area (Å²) in [4.78, 5) is 23.9. The van der Waals surface area contributed by atoms with Crippen molar-refractivity contribution in [2.24, 2.45) is 0 Å². The molecule has 2 fully saturated rings. The molecule has 2 aromatic rings. The van der Waals surface area contributed by atoms with Gasteiger partial charge < -0.3 is 4.90 Å². The molecule has 4 rings (SSSR count). The second kappa shape index (κ2) is 6.49. The largest absolute Gasteiger partial charge is 0.419 e. The summed E-state index contributed by atoms with van der Waals surface area (Å²) in [6.07, 6.45) is -0.249. The van der Waals surface area contributed by atoms with E-state index in [2.05, 4.69) is 9.97 Å². The van der Waals surface area contributed by atoms with Gasteiger partial charge in [-0.1, -0.05) is 0 Å². The average Bonchev–Trinajstić information content (AvgIpc) is 2.88. The summed E-state index contributed by atoms with van der Waals surface area (Å²) >= 11 is 5.51. The van der Waals surface area contributed by atoms with Gasteiger partial charge in [0.2, 0.25) is 0 Å². The van der Waals surface area contributed by atoms with Crippen LogP contribution in [0.25, 0.3) is 0 Å². The molecule has 6 nitrogen and oxygen atoms in total. The summed E-state index contributed by atoms with van der Waals surface area (Å²) in [6, 6.07) is 5.75. The number of thiocarbonyl (C=S) groups is 1. The van der Waals surface area contributed by atoms with Crippen molar-refractivity contribution in [2.75, 3.05) is 9.80 Å². The van der Waals surface area contributed by atoms with E-state index in [0.717, 1.165) is 29.3 Å². The zero-order chi connectivity index (χ0) is 21.0. The molecule has 0 radical (unpaired) electrons. The van der Waals surface area contributed by atoms with Crippen molar-refractivity contribution in [3.05, 3.63) is 47.5 Å². The van der Waals surface area contributed by atoms with Gasteiger partial charge in [0.15, 0.2) is 10.8 Å². The number of nitrogens with zero attached hydrogens (tertiary/aromatic N) is 5. The molecule has 0 unspecified atom stereocenters. The van der Waals surface area contributed by atoms with Gasteiger partial charge in [0.05, 0.1) is 29.3 Å². The molecule has 29 heavy (non-hydrogen) atoms. The minimum Gasteiger partial charge on any atom is -0.301 e. The van der Waals surface area contributed by atoms with Gasteiger partial charge in [-0.25, -0.2) is 4.98 Å². The zero-order valence-corrected chi connectivity index (χ0v) is 16.0. The maximum Gasteiger partial charge on any atom is 0.419 e. The lowest BCUT2D eigenvalue weighted by Crippen LogP contribution is -2.55. The van der Waals surface area contributed by atoms with Crippen molar-refractivity contribution in [3.63, 3.8) is 0 Å². The predicted octanol–water partition coefficient (Wildman–Crippen LogP) is 3.74. The molecule has 1 spiro atoms. The Labute approximate surface area is 169 Å². The Morgan fingerprint density at radius 2 is 1.90 bits per heavy atom. The molecule has 0 bridgehead atoms. The summed E-state index contributed by atoms with van der Waals surface area (Å²) in [5.74, 6) is -0.394. The van der Waals surface area contributed by atoms with E-state index in [9.17, 15) is 18.0 Å². The highest BCUT2D eigenvalue weighted by Gasteiger charge is 2.59. The van der Waals surface area contributed by atoms with Gasteiger partial charge in [0.1, 0.15) is 11.6 Å². The number of aromatic nitrogens is 2. The molecule has 10 heteroatoms. The number of halogens is 3. The summed E-state index contributed by atoms with van der Waals surface area (Å²) in [7, 11) is 0. The number of aryl methyl sites for hydroxylation is 1. The maximum atomic E-state index is 13.4. The van der Waals surface area contributed by atoms with E-state index < -0.39 is 28.9 Å². The number of hydrogen-bond donors (Lipinski definition) is 0. The molecule has 0 aromatic carbocycles. The van der Waals surface area contributed by atoms with E-state index in [1.54, 1.807) is 23.2 Å². The summed E-state index contributed by atoms with van der Waals surface area (Å²) in [5.41, 5.74) is -1.60. The van der Waals surface area contributed by atoms with Gasteiger partial charge in [-0.3, -0.25) is 14.7 Å². The first-order chi connectivity index (χ1) is 13.7. The van der Waals surface area contributed by atoms with E-state index >= 15 is 0 Å². The van der Waals surface area contributed by atoms with Crippen molar-refractivity contribution in [2.45, 2.75) is 37.9 Å². The highest BCUT2D eigenvalue weighted by Crippen LogP contribution is 2.48. The average molecular weight is 417 g/mol. The second-order valence-electron chi connectivity index (χ2n) is 7.00. The van der Waals surface area contributed by atoms with Crippen LogP contribution in [0.4, 0.5) is 24.5 Å². The van der Waals surface area contributed by atoms with Crippen LogP contribution < -0.4 is 9.80 Å². The third kappa shape index (κ3) is 2.84. The van der Waals surface area contributed by atoms with Gasteiger partial charge in [-0.05, 0) is 56.6 Å². The SMILES string of the molecule is Cc1ccc(N2C(=S)N(c3cnc(C#N)c(C(F)(F)F)c3)C(=O)C23CCC3)cn1. The summed E-state index contributed by atoms with van der Waals surface area (Å²) in [6.45, 7) is 1.82. The van der Waals surface area contributed by atoms with E-state index in [0.29, 0.717) is 18.5 Å². The van der Waals surface area contributed by atoms with Crippen LogP contribution in [-0.4, -0.2) is 26.5 Å². The van der Waals surface area contributed by atoms with Crippen molar-refractivity contribution in [1.82, 2.24) is 9.97 Å². The number of anilines is 2. The second-order valence-corrected chi connectivity index (χ2v) is 7.37. The smallest absolute Gasteiger partial charge is 0.301 e. The van der Waals surface area contributed by atoms with Crippen molar-refractivity contribution in [1.29, 1.82) is 5.26 Å². The van der Waals surface area contributed by atoms with Gasteiger partial charge in [0.25, 0.3) is 5.91 Å². The molecule has 2 aromatic heterocycles. The fourth-order valence-corrected chi connectivity index (χ4v) is 4.15. The Hall–Kier alpha value is -3.06. The molecule has 1 saturated carbocycles. The van der Waals surface area contributed by atoms with Crippen LogP contribution in [-0.2, 0) is 11.0 Å². The summed E-state index contributed by atoms with van der Waals surface area (Å²) in [5, 5.41) is 9.02. The number of carbonyl (C=O) groups excluding carboxylic acids is 1. The molecular formula is C19H14F3N5OS. The predicted molar refractivity (Wildman–Crippen MR) is 102 cm³/mol. The summed E-state index contributed by atoms with van der Waals surface area (Å²) < 4.78 is 40.1. The van der Waals surface area contributed by atoms with Crippen molar-refractivity contribution in [3.8, 4) is 6.07 Å². The molecule has 0 N–H and O–H groups in total.